The fraction of sp³-hybridized carbons (Fsp3) is 0.429. The lowest BCUT2D eigenvalue weighted by Gasteiger charge is -2.28. The van der Waals surface area contributed by atoms with Gasteiger partial charge < -0.3 is 10.4 Å². The van der Waals surface area contributed by atoms with E-state index in [4.69, 9.17) is 5.11 Å². The summed E-state index contributed by atoms with van der Waals surface area (Å²) in [5.74, 6) is -0.913. The molecule has 1 heterocycles. The van der Waals surface area contributed by atoms with Crippen LogP contribution in [0.3, 0.4) is 0 Å². The van der Waals surface area contributed by atoms with E-state index in [0.717, 1.165) is 31.6 Å². The van der Waals surface area contributed by atoms with Crippen molar-refractivity contribution in [2.24, 2.45) is 0 Å². The van der Waals surface area contributed by atoms with Crippen molar-refractivity contribution in [3.8, 4) is 0 Å². The van der Waals surface area contributed by atoms with Crippen molar-refractivity contribution in [1.82, 2.24) is 10.2 Å². The average molecular weight is 262 g/mol. The van der Waals surface area contributed by atoms with Gasteiger partial charge in [-0.05, 0) is 29.7 Å². The molecule has 2 N–H and O–H groups in total. The molecule has 2 rings (SSSR count). The first-order chi connectivity index (χ1) is 9.06. The van der Waals surface area contributed by atoms with Crippen molar-refractivity contribution in [3.05, 3.63) is 34.9 Å². The first-order valence-electron chi connectivity index (χ1n) is 6.38. The van der Waals surface area contributed by atoms with Crippen molar-refractivity contribution in [2.75, 3.05) is 19.6 Å². The van der Waals surface area contributed by atoms with E-state index in [1.54, 1.807) is 12.1 Å². The summed E-state index contributed by atoms with van der Waals surface area (Å²) in [6.07, 6.45) is 0.926. The molecule has 1 aliphatic heterocycles. The van der Waals surface area contributed by atoms with E-state index < -0.39 is 5.97 Å². The lowest BCUT2D eigenvalue weighted by atomic mass is 9.97. The topological polar surface area (TPSA) is 69.6 Å². The Bertz CT molecular complexity index is 499. The van der Waals surface area contributed by atoms with E-state index >= 15 is 0 Å². The maximum atomic E-state index is 11.0. The summed E-state index contributed by atoms with van der Waals surface area (Å²) >= 11 is 0. The third-order valence-corrected chi connectivity index (χ3v) is 3.35. The Balaban J connectivity index is 1.99. The van der Waals surface area contributed by atoms with E-state index in [2.05, 4.69) is 10.2 Å². The second kappa shape index (κ2) is 5.84. The Morgan fingerprint density at radius 3 is 2.84 bits per heavy atom. The van der Waals surface area contributed by atoms with Gasteiger partial charge in [0, 0.05) is 33.1 Å². The highest BCUT2D eigenvalue weighted by molar-refractivity contribution is 5.87. The van der Waals surface area contributed by atoms with Crippen molar-refractivity contribution >= 4 is 11.9 Å². The molecule has 0 saturated heterocycles. The van der Waals surface area contributed by atoms with Crippen LogP contribution in [0.2, 0.25) is 0 Å². The summed E-state index contributed by atoms with van der Waals surface area (Å²) in [6, 6.07) is 5.32. The molecular formula is C14H18N2O3. The molecule has 0 saturated carbocycles. The number of hydrogen-bond donors (Lipinski definition) is 2. The first kappa shape index (κ1) is 13.5. The number of aromatic carboxylic acids is 1. The number of hydrogen-bond acceptors (Lipinski definition) is 3. The zero-order valence-electron chi connectivity index (χ0n) is 11.0. The molecule has 0 radical (unpaired) electrons. The van der Waals surface area contributed by atoms with Crippen LogP contribution in [0, 0.1) is 0 Å². The number of amides is 1. The molecule has 1 aromatic carbocycles. The van der Waals surface area contributed by atoms with Gasteiger partial charge in [0.15, 0.2) is 0 Å². The van der Waals surface area contributed by atoms with Crippen LogP contribution in [0.4, 0.5) is 0 Å². The minimum atomic E-state index is -0.891. The highest BCUT2D eigenvalue weighted by Gasteiger charge is 2.17. The second-order valence-electron chi connectivity index (χ2n) is 4.80. The molecule has 0 unspecified atom stereocenters. The van der Waals surface area contributed by atoms with Crippen LogP contribution in [-0.2, 0) is 17.8 Å². The van der Waals surface area contributed by atoms with Crippen LogP contribution >= 0.6 is 0 Å². The molecule has 5 heteroatoms. The fourth-order valence-electron chi connectivity index (χ4n) is 2.33. The Labute approximate surface area is 112 Å². The van der Waals surface area contributed by atoms with Gasteiger partial charge in [0.2, 0.25) is 5.91 Å². The molecule has 0 bridgehead atoms. The van der Waals surface area contributed by atoms with Crippen LogP contribution in [0.15, 0.2) is 18.2 Å². The zero-order valence-corrected chi connectivity index (χ0v) is 11.0. The highest BCUT2D eigenvalue weighted by atomic mass is 16.4. The Hall–Kier alpha value is -1.88. The molecule has 1 amide bonds. The molecule has 0 spiro atoms. The van der Waals surface area contributed by atoms with E-state index in [9.17, 15) is 9.59 Å². The zero-order chi connectivity index (χ0) is 13.8. The van der Waals surface area contributed by atoms with Gasteiger partial charge in [0.1, 0.15) is 0 Å². The Morgan fingerprint density at radius 2 is 2.16 bits per heavy atom. The lowest BCUT2D eigenvalue weighted by Crippen LogP contribution is -2.37. The molecule has 1 aliphatic rings. The van der Waals surface area contributed by atoms with Gasteiger partial charge in [0.05, 0.1) is 5.56 Å². The second-order valence-corrected chi connectivity index (χ2v) is 4.80. The van der Waals surface area contributed by atoms with Crippen LogP contribution in [0.25, 0.3) is 0 Å². The fourth-order valence-corrected chi connectivity index (χ4v) is 2.33. The number of benzene rings is 1. The monoisotopic (exact) mass is 262 g/mol. The minimum absolute atomic E-state index is 0.0226. The molecule has 0 aliphatic carbocycles. The summed E-state index contributed by atoms with van der Waals surface area (Å²) in [7, 11) is 0. The number of nitrogens with zero attached hydrogens (tertiary/aromatic N) is 1. The standard InChI is InChI=1S/C14H18N2O3/c1-10(17)15-5-7-16-6-4-11-2-3-12(14(18)19)8-13(11)9-16/h2-3,8H,4-7,9H2,1H3,(H,15,17)(H,18,19). The van der Waals surface area contributed by atoms with Crippen LogP contribution in [0.5, 0.6) is 0 Å². The third-order valence-electron chi connectivity index (χ3n) is 3.35. The van der Waals surface area contributed by atoms with E-state index in [0.29, 0.717) is 12.1 Å². The summed E-state index contributed by atoms with van der Waals surface area (Å²) in [5.41, 5.74) is 2.64. The number of carbonyl (C=O) groups is 2. The van der Waals surface area contributed by atoms with Gasteiger partial charge in [-0.25, -0.2) is 4.79 Å². The Morgan fingerprint density at radius 1 is 1.37 bits per heavy atom. The van der Waals surface area contributed by atoms with Gasteiger partial charge in [-0.2, -0.15) is 0 Å². The molecule has 19 heavy (non-hydrogen) atoms. The molecule has 1 aromatic rings. The van der Waals surface area contributed by atoms with Gasteiger partial charge in [-0.3, -0.25) is 9.69 Å². The first-order valence-corrected chi connectivity index (χ1v) is 6.38. The van der Waals surface area contributed by atoms with Crippen LogP contribution in [0.1, 0.15) is 28.4 Å². The van der Waals surface area contributed by atoms with Gasteiger partial charge in [-0.1, -0.05) is 6.07 Å². The number of fused-ring (bicyclic) bond motifs is 1. The number of carbonyl (C=O) groups excluding carboxylic acids is 1. The van der Waals surface area contributed by atoms with Crippen molar-refractivity contribution in [3.63, 3.8) is 0 Å². The van der Waals surface area contributed by atoms with E-state index in [-0.39, 0.29) is 5.91 Å². The maximum Gasteiger partial charge on any atom is 0.335 e. The minimum Gasteiger partial charge on any atom is -0.478 e. The van der Waals surface area contributed by atoms with Crippen LogP contribution < -0.4 is 5.32 Å². The molecular weight excluding hydrogens is 244 g/mol. The third kappa shape index (κ3) is 3.54. The van der Waals surface area contributed by atoms with Crippen molar-refractivity contribution in [1.29, 1.82) is 0 Å². The summed E-state index contributed by atoms with van der Waals surface area (Å²) in [5, 5.41) is 11.8. The number of carboxylic acids is 1. The normalized spacial score (nSPS) is 14.8. The smallest absolute Gasteiger partial charge is 0.335 e. The van der Waals surface area contributed by atoms with Gasteiger partial charge >= 0.3 is 5.97 Å². The number of nitrogens with one attached hydrogen (secondary N) is 1. The molecule has 5 nitrogen and oxygen atoms in total. The summed E-state index contributed by atoms with van der Waals surface area (Å²) in [6.45, 7) is 4.61. The SMILES string of the molecule is CC(=O)NCCN1CCc2ccc(C(=O)O)cc2C1. The van der Waals surface area contributed by atoms with Gasteiger partial charge in [0.25, 0.3) is 0 Å². The van der Waals surface area contributed by atoms with Gasteiger partial charge in [-0.15, -0.1) is 0 Å². The lowest BCUT2D eigenvalue weighted by molar-refractivity contribution is -0.119. The van der Waals surface area contributed by atoms with E-state index in [1.807, 2.05) is 6.07 Å². The Kier molecular flexibility index (Phi) is 4.16. The molecule has 0 fully saturated rings. The number of rotatable bonds is 4. The van der Waals surface area contributed by atoms with Crippen molar-refractivity contribution < 1.29 is 14.7 Å². The largest absolute Gasteiger partial charge is 0.478 e. The summed E-state index contributed by atoms with van der Waals surface area (Å²) < 4.78 is 0. The predicted octanol–water partition coefficient (Wildman–Crippen LogP) is 0.879. The number of carboxylic acid groups (broad SMARTS) is 1. The molecule has 0 atom stereocenters. The summed E-state index contributed by atoms with van der Waals surface area (Å²) in [4.78, 5) is 24.0. The maximum absolute atomic E-state index is 11.0. The quantitative estimate of drug-likeness (QED) is 0.845. The average Bonchev–Trinajstić information content (AvgIpc) is 2.37. The van der Waals surface area contributed by atoms with E-state index in [1.165, 1.54) is 12.5 Å². The molecule has 102 valence electrons. The molecule has 0 aromatic heterocycles. The van der Waals surface area contributed by atoms with Crippen LogP contribution in [-0.4, -0.2) is 41.5 Å². The predicted molar refractivity (Wildman–Crippen MR) is 71.1 cm³/mol. The highest BCUT2D eigenvalue weighted by Crippen LogP contribution is 2.20. The van der Waals surface area contributed by atoms with Crippen molar-refractivity contribution in [2.45, 2.75) is 19.9 Å².